The second-order valence-corrected chi connectivity index (χ2v) is 14.7. The second kappa shape index (κ2) is 12.9. The van der Waals surface area contributed by atoms with Gasteiger partial charge in [-0.2, -0.15) is 0 Å². The summed E-state index contributed by atoms with van der Waals surface area (Å²) in [6.45, 7) is 0. The molecule has 11 aromatic rings. The molecule has 0 saturated heterocycles. The second-order valence-electron chi connectivity index (χ2n) is 13.7. The Labute approximate surface area is 329 Å². The highest BCUT2D eigenvalue weighted by molar-refractivity contribution is 7.27. The molecule has 0 aliphatic heterocycles. The number of furan rings is 1. The summed E-state index contributed by atoms with van der Waals surface area (Å²) in [5, 5.41) is 6.27. The first-order valence-electron chi connectivity index (χ1n) is 20.8. The number of nitrogens with zero attached hydrogens (tertiary/aromatic N) is 1. The minimum absolute atomic E-state index is 0.198. The van der Waals surface area contributed by atoms with E-state index in [9.17, 15) is 0 Å². The van der Waals surface area contributed by atoms with Crippen molar-refractivity contribution < 1.29 is 11.3 Å². The van der Waals surface area contributed by atoms with Gasteiger partial charge in [-0.15, -0.1) is 11.3 Å². The summed E-state index contributed by atoms with van der Waals surface area (Å²) in [6, 6.07) is 57.1. The van der Waals surface area contributed by atoms with Gasteiger partial charge < -0.3 is 9.32 Å². The Bertz CT molecular complexity index is 3470. The number of benzene rings is 9. The average molecular weight is 725 g/mol. The fraction of sp³-hybridized carbons (Fsp3) is 0. The number of hydrogen-bond donors (Lipinski definition) is 0. The van der Waals surface area contributed by atoms with Crippen LogP contribution in [0.5, 0.6) is 0 Å². The summed E-state index contributed by atoms with van der Waals surface area (Å²) < 4.78 is 50.9. The first kappa shape index (κ1) is 26.8. The van der Waals surface area contributed by atoms with Gasteiger partial charge in [0.15, 0.2) is 0 Å². The maximum Gasteiger partial charge on any atom is 0.135 e. The molecule has 3 heteroatoms. The van der Waals surface area contributed by atoms with E-state index < -0.39 is 6.04 Å². The van der Waals surface area contributed by atoms with Crippen molar-refractivity contribution in [3.8, 4) is 33.4 Å². The Balaban J connectivity index is 1.09. The van der Waals surface area contributed by atoms with E-state index in [0.29, 0.717) is 5.56 Å². The smallest absolute Gasteiger partial charge is 0.135 e. The Morgan fingerprint density at radius 1 is 0.400 bits per heavy atom. The molecule has 0 aliphatic rings. The quantitative estimate of drug-likeness (QED) is 0.170. The van der Waals surface area contributed by atoms with E-state index in [1.54, 1.807) is 0 Å². The number of anilines is 3. The van der Waals surface area contributed by atoms with Crippen molar-refractivity contribution in [2.75, 3.05) is 4.90 Å². The summed E-state index contributed by atoms with van der Waals surface area (Å²) in [5.41, 5.74) is 9.92. The largest absolute Gasteiger partial charge is 0.456 e. The monoisotopic (exact) mass is 724 g/mol. The van der Waals surface area contributed by atoms with Crippen molar-refractivity contribution in [3.63, 3.8) is 0 Å². The predicted octanol–water partition coefficient (Wildman–Crippen LogP) is 15.6. The van der Waals surface area contributed by atoms with Gasteiger partial charge in [-0.3, -0.25) is 0 Å². The van der Waals surface area contributed by atoms with Crippen LogP contribution in [0.25, 0.3) is 86.3 Å². The Morgan fingerprint density at radius 3 is 1.78 bits per heavy atom. The third kappa shape index (κ3) is 5.24. The third-order valence-electron chi connectivity index (χ3n) is 10.6. The maximum atomic E-state index is 8.70. The molecule has 258 valence electrons. The van der Waals surface area contributed by atoms with Gasteiger partial charge in [0.25, 0.3) is 0 Å². The highest BCUT2D eigenvalue weighted by Gasteiger charge is 2.21. The fourth-order valence-electron chi connectivity index (χ4n) is 8.05. The van der Waals surface area contributed by atoms with Crippen LogP contribution < -0.4 is 4.90 Å². The van der Waals surface area contributed by atoms with Crippen LogP contribution in [0.15, 0.2) is 204 Å². The van der Waals surface area contributed by atoms with Gasteiger partial charge in [0.1, 0.15) is 11.2 Å². The Morgan fingerprint density at radius 2 is 1.00 bits per heavy atom. The van der Waals surface area contributed by atoms with Gasteiger partial charge >= 0.3 is 0 Å². The van der Waals surface area contributed by atoms with Crippen molar-refractivity contribution in [1.29, 1.82) is 0 Å². The molecule has 0 unspecified atom stereocenters. The lowest BCUT2D eigenvalue weighted by Crippen LogP contribution is -2.10. The third-order valence-corrected chi connectivity index (χ3v) is 11.9. The van der Waals surface area contributed by atoms with E-state index >= 15 is 0 Å². The number of rotatable bonds is 6. The summed E-state index contributed by atoms with van der Waals surface area (Å²) >= 11 is 1.82. The molecular formula is C52H33NOS. The summed E-state index contributed by atoms with van der Waals surface area (Å²) in [6.07, 6.45) is 0. The summed E-state index contributed by atoms with van der Waals surface area (Å²) in [7, 11) is 0. The van der Waals surface area contributed by atoms with Crippen LogP contribution in [0, 0.1) is 0 Å². The van der Waals surface area contributed by atoms with Gasteiger partial charge in [-0.1, -0.05) is 158 Å². The van der Waals surface area contributed by atoms with Crippen LogP contribution in [0.4, 0.5) is 17.1 Å². The number of fused-ring (bicyclic) bond motifs is 7. The van der Waals surface area contributed by atoms with Gasteiger partial charge in [0.05, 0.1) is 17.2 Å². The molecule has 0 amide bonds. The minimum atomic E-state index is -0.401. The SMILES string of the molecule is [2H]c1c([2H])c([2H])c(-c2ccc(-c3ccc(N(c4ccc5oc6ccccc6c5c4)c4cccc5c4sc4c(-c6ccccc6)cccc45)cc3)c3ccccc23)c([2H])c1[2H]. The summed E-state index contributed by atoms with van der Waals surface area (Å²) in [5.74, 6) is 0. The molecule has 2 aromatic heterocycles. The molecule has 55 heavy (non-hydrogen) atoms. The first-order chi connectivity index (χ1) is 29.4. The van der Waals surface area contributed by atoms with Crippen LogP contribution in [0.2, 0.25) is 0 Å². The number of thiophene rings is 1. The van der Waals surface area contributed by atoms with Crippen LogP contribution >= 0.6 is 11.3 Å². The van der Waals surface area contributed by atoms with Crippen molar-refractivity contribution in [3.05, 3.63) is 200 Å². The lowest BCUT2D eigenvalue weighted by Gasteiger charge is -2.26. The maximum absolute atomic E-state index is 8.70. The Hall–Kier alpha value is -6.94. The lowest BCUT2D eigenvalue weighted by molar-refractivity contribution is 0.669. The highest BCUT2D eigenvalue weighted by Crippen LogP contribution is 2.48. The molecule has 9 aromatic carbocycles. The highest BCUT2D eigenvalue weighted by atomic mass is 32.1. The molecule has 0 N–H and O–H groups in total. The van der Waals surface area contributed by atoms with E-state index in [0.717, 1.165) is 60.9 Å². The van der Waals surface area contributed by atoms with Gasteiger partial charge in [0.2, 0.25) is 0 Å². The molecule has 11 rings (SSSR count). The molecule has 0 bridgehead atoms. The van der Waals surface area contributed by atoms with Crippen molar-refractivity contribution >= 4 is 81.3 Å². The lowest BCUT2D eigenvalue weighted by atomic mass is 9.92. The number of hydrogen-bond acceptors (Lipinski definition) is 3. The molecule has 0 spiro atoms. The van der Waals surface area contributed by atoms with Gasteiger partial charge in [-0.25, -0.2) is 0 Å². The normalized spacial score (nSPS) is 12.9. The van der Waals surface area contributed by atoms with E-state index in [1.807, 2.05) is 65.9 Å². The van der Waals surface area contributed by atoms with Crippen molar-refractivity contribution in [2.24, 2.45) is 0 Å². The van der Waals surface area contributed by atoms with Crippen LogP contribution in [-0.2, 0) is 0 Å². The molecule has 0 atom stereocenters. The standard InChI is InChI=1S/C52H33NOS/c1-3-13-34(14-4-1)39-30-31-40(43-18-8-7-17-42(39)43)36-25-27-37(28-26-36)53(38-29-32-50-47(33-38)44-19-9-10-24-49(44)54-50)48-23-12-22-46-45-21-11-20-41(51(45)55-52(46)48)35-15-5-2-6-16-35/h1-33H/i1D,3D,4D,13D,14D. The average Bonchev–Trinajstić information content (AvgIpc) is 3.87. The van der Waals surface area contributed by atoms with E-state index in [2.05, 4.69) is 120 Å². The molecule has 0 aliphatic carbocycles. The van der Waals surface area contributed by atoms with Crippen LogP contribution in [-0.4, -0.2) is 0 Å². The first-order valence-corrected chi connectivity index (χ1v) is 19.1. The van der Waals surface area contributed by atoms with Crippen LogP contribution in [0.3, 0.4) is 0 Å². The van der Waals surface area contributed by atoms with Crippen LogP contribution in [0.1, 0.15) is 6.85 Å². The molecule has 2 heterocycles. The summed E-state index contributed by atoms with van der Waals surface area (Å²) in [4.78, 5) is 2.34. The predicted molar refractivity (Wildman–Crippen MR) is 235 cm³/mol. The zero-order valence-corrected chi connectivity index (χ0v) is 30.2. The van der Waals surface area contributed by atoms with E-state index in [1.165, 1.54) is 31.3 Å². The van der Waals surface area contributed by atoms with Crippen molar-refractivity contribution in [2.45, 2.75) is 0 Å². The van der Waals surface area contributed by atoms with Gasteiger partial charge in [0, 0.05) is 37.6 Å². The Kier molecular flexibility index (Phi) is 6.27. The zero-order valence-electron chi connectivity index (χ0n) is 34.4. The molecule has 0 radical (unpaired) electrons. The zero-order chi connectivity index (χ0) is 40.6. The molecule has 0 saturated carbocycles. The van der Waals surface area contributed by atoms with Gasteiger partial charge in [-0.05, 0) is 86.6 Å². The molecule has 2 nitrogen and oxygen atoms in total. The fourth-order valence-corrected chi connectivity index (χ4v) is 9.39. The van der Waals surface area contributed by atoms with Crippen molar-refractivity contribution in [1.82, 2.24) is 0 Å². The topological polar surface area (TPSA) is 16.4 Å². The number of para-hydroxylation sites is 1. The molecular weight excluding hydrogens is 687 g/mol. The van der Waals surface area contributed by atoms with E-state index in [4.69, 9.17) is 11.3 Å². The van der Waals surface area contributed by atoms with E-state index in [-0.39, 0.29) is 29.7 Å². The minimum Gasteiger partial charge on any atom is -0.456 e. The molecule has 0 fully saturated rings.